The van der Waals surface area contributed by atoms with Gasteiger partial charge in [0.15, 0.2) is 0 Å². The van der Waals surface area contributed by atoms with Crippen LogP contribution in [0.15, 0.2) is 83.8 Å². The number of carbonyl (C=O) groups is 2. The Morgan fingerprint density at radius 3 is 2.17 bits per heavy atom. The molecule has 1 unspecified atom stereocenters. The van der Waals surface area contributed by atoms with Gasteiger partial charge in [-0.2, -0.15) is 0 Å². The maximum absolute atomic E-state index is 14.0. The van der Waals surface area contributed by atoms with Crippen LogP contribution in [0.5, 0.6) is 0 Å². The van der Waals surface area contributed by atoms with Gasteiger partial charge in [-0.15, -0.1) is 0 Å². The average Bonchev–Trinajstić information content (AvgIpc) is 2.95. The van der Waals surface area contributed by atoms with Crippen molar-refractivity contribution in [3.63, 3.8) is 0 Å². The van der Waals surface area contributed by atoms with Crippen molar-refractivity contribution in [1.29, 1.82) is 0 Å². The summed E-state index contributed by atoms with van der Waals surface area (Å²) in [5, 5.41) is 2.92. The number of unbranched alkanes of at least 4 members (excludes halogenated alkanes) is 1. The van der Waals surface area contributed by atoms with Crippen LogP contribution < -0.4 is 9.62 Å². The number of aryl methyl sites for hydroxylation is 1. The summed E-state index contributed by atoms with van der Waals surface area (Å²) < 4.78 is 42.2. The van der Waals surface area contributed by atoms with E-state index in [0.717, 1.165) is 40.4 Å². The largest absolute Gasteiger partial charge is 0.354 e. The molecule has 214 valence electrons. The molecule has 7 nitrogen and oxygen atoms in total. The number of nitrogens with zero attached hydrogens (tertiary/aromatic N) is 2. The zero-order chi connectivity index (χ0) is 29.1. The predicted octanol–water partition coefficient (Wildman–Crippen LogP) is 5.10. The molecular formula is C31H38FN3O4S. The molecule has 3 aromatic carbocycles. The van der Waals surface area contributed by atoms with E-state index in [-0.39, 0.29) is 17.3 Å². The van der Waals surface area contributed by atoms with Crippen LogP contribution >= 0.6 is 0 Å². The van der Waals surface area contributed by atoms with E-state index in [1.165, 1.54) is 17.0 Å². The van der Waals surface area contributed by atoms with E-state index >= 15 is 0 Å². The fourth-order valence-electron chi connectivity index (χ4n) is 4.38. The second-order valence-electron chi connectivity index (χ2n) is 9.69. The van der Waals surface area contributed by atoms with Crippen molar-refractivity contribution in [2.75, 3.05) is 23.9 Å². The Hall–Kier alpha value is -3.72. The minimum Gasteiger partial charge on any atom is -0.354 e. The second-order valence-corrected chi connectivity index (χ2v) is 11.6. The van der Waals surface area contributed by atoms with Gasteiger partial charge < -0.3 is 10.2 Å². The number of amides is 2. The first-order valence-electron chi connectivity index (χ1n) is 13.6. The molecule has 40 heavy (non-hydrogen) atoms. The number of rotatable bonds is 14. The minimum atomic E-state index is -4.23. The Bertz CT molecular complexity index is 1350. The third kappa shape index (κ3) is 8.14. The number of nitrogens with one attached hydrogen (secondary N) is 1. The third-order valence-electron chi connectivity index (χ3n) is 6.70. The van der Waals surface area contributed by atoms with Crippen molar-refractivity contribution in [1.82, 2.24) is 10.2 Å². The Balaban J connectivity index is 1.97. The summed E-state index contributed by atoms with van der Waals surface area (Å²) in [6.45, 7) is 5.96. The minimum absolute atomic E-state index is 0.137. The van der Waals surface area contributed by atoms with Crippen molar-refractivity contribution in [2.45, 2.75) is 57.4 Å². The molecule has 0 spiro atoms. The molecule has 1 atom stereocenters. The normalized spacial score (nSPS) is 12.0. The van der Waals surface area contributed by atoms with Crippen LogP contribution in [0.25, 0.3) is 0 Å². The third-order valence-corrected chi connectivity index (χ3v) is 8.49. The fraction of sp³-hybridized carbons (Fsp3) is 0.355. The number of benzene rings is 3. The van der Waals surface area contributed by atoms with Crippen LogP contribution in [0.4, 0.5) is 10.1 Å². The molecule has 3 aromatic rings. The van der Waals surface area contributed by atoms with Gasteiger partial charge in [0.05, 0.1) is 10.6 Å². The van der Waals surface area contributed by atoms with Crippen molar-refractivity contribution >= 4 is 27.5 Å². The molecule has 0 aliphatic rings. The predicted molar refractivity (Wildman–Crippen MR) is 156 cm³/mol. The first kappa shape index (κ1) is 30.8. The molecule has 0 saturated carbocycles. The van der Waals surface area contributed by atoms with Gasteiger partial charge in [0.2, 0.25) is 11.8 Å². The average molecular weight is 568 g/mol. The maximum Gasteiger partial charge on any atom is 0.264 e. The van der Waals surface area contributed by atoms with Crippen LogP contribution in [0.3, 0.4) is 0 Å². The molecule has 1 N–H and O–H groups in total. The van der Waals surface area contributed by atoms with E-state index in [9.17, 15) is 22.4 Å². The topological polar surface area (TPSA) is 86.8 Å². The Labute approximate surface area is 237 Å². The molecule has 0 heterocycles. The summed E-state index contributed by atoms with van der Waals surface area (Å²) in [5.41, 5.74) is 2.22. The Morgan fingerprint density at radius 1 is 0.925 bits per heavy atom. The summed E-state index contributed by atoms with van der Waals surface area (Å²) >= 11 is 0. The first-order chi connectivity index (χ1) is 19.2. The van der Waals surface area contributed by atoms with Crippen molar-refractivity contribution < 1.29 is 22.4 Å². The number of halogens is 1. The lowest BCUT2D eigenvalue weighted by Gasteiger charge is -2.33. The summed E-state index contributed by atoms with van der Waals surface area (Å²) in [5.74, 6) is -1.33. The lowest BCUT2D eigenvalue weighted by Crippen LogP contribution is -2.53. The number of anilines is 1. The maximum atomic E-state index is 14.0. The van der Waals surface area contributed by atoms with Crippen molar-refractivity contribution in [3.05, 3.63) is 95.8 Å². The summed E-state index contributed by atoms with van der Waals surface area (Å²) in [6, 6.07) is 20.1. The van der Waals surface area contributed by atoms with Crippen LogP contribution in [0.1, 0.15) is 44.2 Å². The number of sulfonamides is 1. The molecular weight excluding hydrogens is 529 g/mol. The fourth-order valence-corrected chi connectivity index (χ4v) is 5.79. The van der Waals surface area contributed by atoms with Crippen LogP contribution in [0.2, 0.25) is 0 Å². The van der Waals surface area contributed by atoms with Gasteiger partial charge in [0, 0.05) is 13.1 Å². The zero-order valence-electron chi connectivity index (χ0n) is 23.3. The zero-order valence-corrected chi connectivity index (χ0v) is 24.2. The molecule has 0 aromatic heterocycles. The standard InChI is InChI=1S/C31H38FN3O4S/c1-4-6-21-33-31(37)29(5-2)34(22-20-25-10-8-7-9-11-25)30(36)23-35(27-16-12-24(3)13-17-27)40(38,39)28-18-14-26(32)15-19-28/h7-19,29H,4-6,20-23H2,1-3H3,(H,33,37). The number of carbonyl (C=O) groups excluding carboxylic acids is 2. The molecule has 3 rings (SSSR count). The Kier molecular flexibility index (Phi) is 11.3. The van der Waals surface area contributed by atoms with Gasteiger partial charge in [-0.05, 0) is 68.1 Å². The van der Waals surface area contributed by atoms with Gasteiger partial charge in [-0.3, -0.25) is 13.9 Å². The van der Waals surface area contributed by atoms with E-state index in [2.05, 4.69) is 5.32 Å². The molecule has 0 fully saturated rings. The van der Waals surface area contributed by atoms with Crippen molar-refractivity contribution in [3.8, 4) is 0 Å². The second kappa shape index (κ2) is 14.6. The van der Waals surface area contributed by atoms with Gasteiger partial charge >= 0.3 is 0 Å². The first-order valence-corrected chi connectivity index (χ1v) is 15.1. The molecule has 0 bridgehead atoms. The van der Waals surface area contributed by atoms with Crippen LogP contribution in [-0.4, -0.2) is 50.8 Å². The SMILES string of the molecule is CCCCNC(=O)C(CC)N(CCc1ccccc1)C(=O)CN(c1ccc(C)cc1)S(=O)(=O)c1ccc(F)cc1. The molecule has 0 radical (unpaired) electrons. The van der Waals surface area contributed by atoms with Crippen LogP contribution in [-0.2, 0) is 26.0 Å². The van der Waals surface area contributed by atoms with Gasteiger partial charge in [0.25, 0.3) is 10.0 Å². The van der Waals surface area contributed by atoms with E-state index in [1.54, 1.807) is 24.3 Å². The van der Waals surface area contributed by atoms with Crippen molar-refractivity contribution in [2.24, 2.45) is 0 Å². The molecule has 0 aliphatic heterocycles. The monoisotopic (exact) mass is 567 g/mol. The molecule has 9 heteroatoms. The van der Waals surface area contributed by atoms with E-state index < -0.39 is 34.3 Å². The molecule has 0 saturated heterocycles. The van der Waals surface area contributed by atoms with Crippen LogP contribution in [0, 0.1) is 12.7 Å². The summed E-state index contributed by atoms with van der Waals surface area (Å²) in [6.07, 6.45) is 2.60. The Morgan fingerprint density at radius 2 is 1.57 bits per heavy atom. The van der Waals surface area contributed by atoms with E-state index in [4.69, 9.17) is 0 Å². The highest BCUT2D eigenvalue weighted by Crippen LogP contribution is 2.25. The highest BCUT2D eigenvalue weighted by Gasteiger charge is 2.33. The molecule has 2 amide bonds. The highest BCUT2D eigenvalue weighted by atomic mass is 32.2. The van der Waals surface area contributed by atoms with E-state index in [1.807, 2.05) is 51.1 Å². The van der Waals surface area contributed by atoms with Gasteiger partial charge in [-0.1, -0.05) is 68.3 Å². The molecule has 0 aliphatic carbocycles. The quantitative estimate of drug-likeness (QED) is 0.275. The van der Waals surface area contributed by atoms with Gasteiger partial charge in [-0.25, -0.2) is 12.8 Å². The smallest absolute Gasteiger partial charge is 0.264 e. The lowest BCUT2D eigenvalue weighted by molar-refractivity contribution is -0.139. The highest BCUT2D eigenvalue weighted by molar-refractivity contribution is 7.92. The summed E-state index contributed by atoms with van der Waals surface area (Å²) in [7, 11) is -4.23. The number of hydrogen-bond acceptors (Lipinski definition) is 4. The lowest BCUT2D eigenvalue weighted by atomic mass is 10.1. The summed E-state index contributed by atoms with van der Waals surface area (Å²) in [4.78, 5) is 28.5. The van der Waals surface area contributed by atoms with Gasteiger partial charge in [0.1, 0.15) is 18.4 Å². The van der Waals surface area contributed by atoms with E-state index in [0.29, 0.717) is 25.1 Å². The number of hydrogen-bond donors (Lipinski definition) is 1.